The van der Waals surface area contributed by atoms with Crippen molar-refractivity contribution in [2.45, 2.75) is 38.6 Å². The molecule has 0 bridgehead atoms. The summed E-state index contributed by atoms with van der Waals surface area (Å²) in [5, 5.41) is 5.37. The molecule has 29 heavy (non-hydrogen) atoms. The molecule has 1 aromatic heterocycles. The van der Waals surface area contributed by atoms with Crippen LogP contribution < -0.4 is 5.32 Å². The average molecular weight is 416 g/mol. The number of hydrogen-bond donors (Lipinski definition) is 1. The van der Waals surface area contributed by atoms with Gasteiger partial charge in [-0.1, -0.05) is 11.6 Å². The van der Waals surface area contributed by atoms with Gasteiger partial charge in [-0.3, -0.25) is 4.98 Å². The Kier molecular flexibility index (Phi) is 7.51. The number of esters is 1. The summed E-state index contributed by atoms with van der Waals surface area (Å²) in [6, 6.07) is 6.11. The predicted octanol–water partition coefficient (Wildman–Crippen LogP) is 5.00. The first kappa shape index (κ1) is 21.6. The van der Waals surface area contributed by atoms with E-state index in [2.05, 4.69) is 29.3 Å². The van der Waals surface area contributed by atoms with E-state index in [1.54, 1.807) is 19.2 Å². The van der Waals surface area contributed by atoms with Crippen LogP contribution in [0.2, 0.25) is 5.02 Å². The maximum Gasteiger partial charge on any atom is 0.330 e. The number of fused-ring (bicyclic) bond motifs is 1. The maximum atomic E-state index is 11.8. The molecule has 156 valence electrons. The molecule has 1 aromatic carbocycles. The van der Waals surface area contributed by atoms with Crippen LogP contribution in [0.25, 0.3) is 17.0 Å². The second kappa shape index (κ2) is 10.1. The third kappa shape index (κ3) is 5.94. The molecule has 0 saturated heterocycles. The van der Waals surface area contributed by atoms with Crippen LogP contribution in [0.3, 0.4) is 0 Å². The Balaban J connectivity index is 1.85. The van der Waals surface area contributed by atoms with Gasteiger partial charge in [0.15, 0.2) is 0 Å². The van der Waals surface area contributed by atoms with E-state index in [0.29, 0.717) is 17.7 Å². The summed E-state index contributed by atoms with van der Waals surface area (Å²) in [5.74, 6) is 0.406. The van der Waals surface area contributed by atoms with Gasteiger partial charge in [-0.2, -0.15) is 0 Å². The molecule has 1 aliphatic carbocycles. The van der Waals surface area contributed by atoms with Crippen molar-refractivity contribution >= 4 is 40.2 Å². The lowest BCUT2D eigenvalue weighted by atomic mass is 9.85. The number of nitrogens with one attached hydrogen (secondary N) is 1. The molecule has 1 heterocycles. The van der Waals surface area contributed by atoms with Crippen LogP contribution in [-0.2, 0) is 9.53 Å². The molecule has 6 heteroatoms. The third-order valence-electron chi connectivity index (χ3n) is 5.36. The minimum atomic E-state index is -0.353. The Hall–Kier alpha value is -2.11. The first-order valence-corrected chi connectivity index (χ1v) is 10.7. The van der Waals surface area contributed by atoms with Gasteiger partial charge >= 0.3 is 5.97 Å². The molecule has 0 spiro atoms. The van der Waals surface area contributed by atoms with Crippen molar-refractivity contribution < 1.29 is 9.53 Å². The zero-order chi connectivity index (χ0) is 20.8. The highest BCUT2D eigenvalue weighted by Gasteiger charge is 2.22. The van der Waals surface area contributed by atoms with Gasteiger partial charge in [-0.15, -0.1) is 0 Å². The standard InChI is InChI=1S/C23H30ClN3O2/c1-4-29-22(28)12-7-17-14-25-21-11-8-18(24)13-20(21)23(17)26-19-9-5-16(6-10-19)15-27(2)3/h7-8,11-14,16,19H,4-6,9-10,15H2,1-3H3,(H,25,26)/b12-7+. The number of benzene rings is 1. The van der Waals surface area contributed by atoms with Gasteiger partial charge in [-0.25, -0.2) is 4.79 Å². The van der Waals surface area contributed by atoms with Crippen molar-refractivity contribution in [1.29, 1.82) is 0 Å². The average Bonchev–Trinajstić information content (AvgIpc) is 2.68. The Labute approximate surface area is 178 Å². The van der Waals surface area contributed by atoms with Crippen LogP contribution >= 0.6 is 11.6 Å². The van der Waals surface area contributed by atoms with Gasteiger partial charge in [0.25, 0.3) is 0 Å². The molecule has 1 N–H and O–H groups in total. The number of halogens is 1. The fourth-order valence-electron chi connectivity index (χ4n) is 4.03. The fraction of sp³-hybridized carbons (Fsp3) is 0.478. The van der Waals surface area contributed by atoms with Crippen molar-refractivity contribution in [2.75, 3.05) is 32.6 Å². The molecule has 0 atom stereocenters. The first-order chi connectivity index (χ1) is 14.0. The number of pyridine rings is 1. The van der Waals surface area contributed by atoms with Crippen molar-refractivity contribution in [3.05, 3.63) is 41.1 Å². The van der Waals surface area contributed by atoms with Crippen molar-refractivity contribution in [3.8, 4) is 0 Å². The molecule has 0 radical (unpaired) electrons. The Bertz CT molecular complexity index is 874. The van der Waals surface area contributed by atoms with E-state index in [-0.39, 0.29) is 5.97 Å². The molecule has 1 fully saturated rings. The van der Waals surface area contributed by atoms with Gasteiger partial charge in [0.05, 0.1) is 17.8 Å². The van der Waals surface area contributed by atoms with Crippen molar-refractivity contribution in [1.82, 2.24) is 9.88 Å². The first-order valence-electron chi connectivity index (χ1n) is 10.3. The molecular weight excluding hydrogens is 386 g/mol. The number of rotatable bonds is 7. The molecule has 2 aromatic rings. The predicted molar refractivity (Wildman–Crippen MR) is 120 cm³/mol. The van der Waals surface area contributed by atoms with Crippen LogP contribution in [0.5, 0.6) is 0 Å². The molecular formula is C23H30ClN3O2. The van der Waals surface area contributed by atoms with Crippen LogP contribution in [0.15, 0.2) is 30.5 Å². The van der Waals surface area contributed by atoms with Crippen LogP contribution in [0.4, 0.5) is 5.69 Å². The summed E-state index contributed by atoms with van der Waals surface area (Å²) in [4.78, 5) is 18.6. The molecule has 0 amide bonds. The van der Waals surface area contributed by atoms with Crippen molar-refractivity contribution in [3.63, 3.8) is 0 Å². The quantitative estimate of drug-likeness (QED) is 0.509. The third-order valence-corrected chi connectivity index (χ3v) is 5.60. The summed E-state index contributed by atoms with van der Waals surface area (Å²) >= 11 is 6.27. The molecule has 1 saturated carbocycles. The number of carbonyl (C=O) groups is 1. The van der Waals surface area contributed by atoms with Gasteiger partial charge < -0.3 is 15.0 Å². The number of anilines is 1. The molecule has 5 nitrogen and oxygen atoms in total. The highest BCUT2D eigenvalue weighted by molar-refractivity contribution is 6.31. The van der Waals surface area contributed by atoms with E-state index in [4.69, 9.17) is 16.3 Å². The normalized spacial score (nSPS) is 19.8. The second-order valence-electron chi connectivity index (χ2n) is 7.96. The van der Waals surface area contributed by atoms with E-state index < -0.39 is 0 Å². The summed E-state index contributed by atoms with van der Waals surface area (Å²) in [6.07, 6.45) is 9.71. The highest BCUT2D eigenvalue weighted by Crippen LogP contribution is 2.33. The Morgan fingerprint density at radius 2 is 2.07 bits per heavy atom. The zero-order valence-corrected chi connectivity index (χ0v) is 18.2. The minimum absolute atomic E-state index is 0.353. The lowest BCUT2D eigenvalue weighted by Gasteiger charge is -2.32. The van der Waals surface area contributed by atoms with Gasteiger partial charge in [0, 0.05) is 40.8 Å². The Morgan fingerprint density at radius 1 is 1.31 bits per heavy atom. The van der Waals surface area contributed by atoms with E-state index in [9.17, 15) is 4.79 Å². The summed E-state index contributed by atoms with van der Waals surface area (Å²) < 4.78 is 5.01. The van der Waals surface area contributed by atoms with Crippen LogP contribution in [0.1, 0.15) is 38.2 Å². The number of carbonyl (C=O) groups excluding carboxylic acids is 1. The van der Waals surface area contributed by atoms with E-state index in [1.165, 1.54) is 18.9 Å². The number of aromatic nitrogens is 1. The number of ether oxygens (including phenoxy) is 1. The van der Waals surface area contributed by atoms with Gasteiger partial charge in [-0.05, 0) is 76.9 Å². The van der Waals surface area contributed by atoms with Gasteiger partial charge in [0.1, 0.15) is 0 Å². The fourth-order valence-corrected chi connectivity index (χ4v) is 4.20. The SMILES string of the molecule is CCOC(=O)/C=C/c1cnc2ccc(Cl)cc2c1NC1CCC(CN(C)C)CC1. The summed E-state index contributed by atoms with van der Waals surface area (Å²) in [6.45, 7) is 3.30. The summed E-state index contributed by atoms with van der Waals surface area (Å²) in [7, 11) is 4.28. The lowest BCUT2D eigenvalue weighted by Crippen LogP contribution is -2.31. The van der Waals surface area contributed by atoms with Crippen molar-refractivity contribution in [2.24, 2.45) is 5.92 Å². The highest BCUT2D eigenvalue weighted by atomic mass is 35.5. The maximum absolute atomic E-state index is 11.8. The monoisotopic (exact) mass is 415 g/mol. The molecule has 3 rings (SSSR count). The van der Waals surface area contributed by atoms with E-state index in [0.717, 1.165) is 47.5 Å². The summed E-state index contributed by atoms with van der Waals surface area (Å²) in [5.41, 5.74) is 2.73. The molecule has 1 aliphatic rings. The second-order valence-corrected chi connectivity index (χ2v) is 8.40. The van der Waals surface area contributed by atoms with Gasteiger partial charge in [0.2, 0.25) is 0 Å². The number of nitrogens with zero attached hydrogens (tertiary/aromatic N) is 2. The van der Waals surface area contributed by atoms with Crippen LogP contribution in [0, 0.1) is 5.92 Å². The number of hydrogen-bond acceptors (Lipinski definition) is 5. The van der Waals surface area contributed by atoms with Crippen LogP contribution in [-0.4, -0.2) is 49.1 Å². The smallest absolute Gasteiger partial charge is 0.330 e. The zero-order valence-electron chi connectivity index (χ0n) is 17.5. The van der Waals surface area contributed by atoms with E-state index >= 15 is 0 Å². The molecule has 0 unspecified atom stereocenters. The molecule has 0 aliphatic heterocycles. The largest absolute Gasteiger partial charge is 0.463 e. The Morgan fingerprint density at radius 3 is 2.76 bits per heavy atom. The lowest BCUT2D eigenvalue weighted by molar-refractivity contribution is -0.137. The topological polar surface area (TPSA) is 54.5 Å². The van der Waals surface area contributed by atoms with E-state index in [1.807, 2.05) is 18.2 Å². The minimum Gasteiger partial charge on any atom is -0.463 e.